The number of pyridine rings is 1. The summed E-state index contributed by atoms with van der Waals surface area (Å²) in [6.07, 6.45) is 7.44. The maximum Gasteiger partial charge on any atom is 0.410 e. The van der Waals surface area contributed by atoms with E-state index >= 15 is 0 Å². The monoisotopic (exact) mass is 431 g/mol. The molecular weight excluding hydrogens is 402 g/mol. The quantitative estimate of drug-likeness (QED) is 0.471. The third-order valence-corrected chi connectivity index (χ3v) is 6.12. The summed E-state index contributed by atoms with van der Waals surface area (Å²) in [5.74, 6) is 0.374. The number of rotatable bonds is 2. The number of aryl methyl sites for hydroxylation is 1. The molecule has 0 spiro atoms. The Morgan fingerprint density at radius 2 is 1.88 bits per heavy atom. The van der Waals surface area contributed by atoms with Crippen LogP contribution in [0, 0.1) is 0 Å². The summed E-state index contributed by atoms with van der Waals surface area (Å²) in [6, 6.07) is 8.70. The van der Waals surface area contributed by atoms with E-state index in [0.29, 0.717) is 19.0 Å². The van der Waals surface area contributed by atoms with Crippen molar-refractivity contribution in [2.75, 3.05) is 13.1 Å². The second kappa shape index (κ2) is 7.65. The van der Waals surface area contributed by atoms with Crippen LogP contribution in [0.2, 0.25) is 0 Å². The minimum atomic E-state index is -0.466. The highest BCUT2D eigenvalue weighted by Crippen LogP contribution is 2.34. The highest BCUT2D eigenvalue weighted by molar-refractivity contribution is 6.06. The number of hydrogen-bond donors (Lipinski definition) is 1. The van der Waals surface area contributed by atoms with E-state index in [1.165, 1.54) is 11.1 Å². The lowest BCUT2D eigenvalue weighted by atomic mass is 9.93. The van der Waals surface area contributed by atoms with Gasteiger partial charge < -0.3 is 14.6 Å². The Hall–Kier alpha value is -3.35. The number of ether oxygens (including phenoxy) is 1. The molecule has 0 bridgehead atoms. The number of nitrogens with zero attached hydrogens (tertiary/aromatic N) is 4. The zero-order chi connectivity index (χ0) is 22.5. The predicted octanol–water partition coefficient (Wildman–Crippen LogP) is 5.23. The first kappa shape index (κ1) is 20.5. The lowest BCUT2D eigenvalue weighted by molar-refractivity contribution is 0.0204. The molecule has 1 fully saturated rings. The minimum Gasteiger partial charge on any atom is -0.444 e. The molecule has 4 heterocycles. The number of carbonyl (C=O) groups is 1. The Balaban J connectivity index is 1.40. The van der Waals surface area contributed by atoms with Crippen LogP contribution in [-0.2, 0) is 11.8 Å². The van der Waals surface area contributed by atoms with Gasteiger partial charge >= 0.3 is 6.09 Å². The van der Waals surface area contributed by atoms with Crippen LogP contribution in [0.5, 0.6) is 0 Å². The number of aromatic nitrogens is 4. The number of H-pyrrole nitrogens is 1. The van der Waals surface area contributed by atoms with Crippen molar-refractivity contribution in [2.24, 2.45) is 7.05 Å². The molecule has 0 saturated carbocycles. The van der Waals surface area contributed by atoms with E-state index in [0.717, 1.165) is 40.4 Å². The topological polar surface area (TPSA) is 76.0 Å². The molecule has 1 saturated heterocycles. The number of carbonyl (C=O) groups excluding carboxylic acids is 1. The number of amides is 1. The summed E-state index contributed by atoms with van der Waals surface area (Å²) in [4.78, 5) is 22.4. The molecular formula is C25H29N5O2. The summed E-state index contributed by atoms with van der Waals surface area (Å²) in [5, 5.41) is 7.74. The van der Waals surface area contributed by atoms with Gasteiger partial charge in [0.05, 0.1) is 6.20 Å². The van der Waals surface area contributed by atoms with Gasteiger partial charge in [-0.1, -0.05) is 12.1 Å². The van der Waals surface area contributed by atoms with E-state index in [1.54, 1.807) is 0 Å². The van der Waals surface area contributed by atoms with Gasteiger partial charge in [0.2, 0.25) is 0 Å². The van der Waals surface area contributed by atoms with Gasteiger partial charge in [-0.2, -0.15) is 5.10 Å². The standard InChI is InChI=1S/C25H29N5O2/c1-25(2,3)32-24(31)30-9-7-16(8-10-30)22-12-21-20-11-17(19-14-27-29(4)15-19)5-6-18(20)13-26-23(21)28-22/h5-6,11-16H,7-10H2,1-4H3,(H,26,28). The number of nitrogens with one attached hydrogen (secondary N) is 1. The van der Waals surface area contributed by atoms with Crippen molar-refractivity contribution in [3.8, 4) is 11.1 Å². The lowest BCUT2D eigenvalue weighted by Gasteiger charge is -2.33. The van der Waals surface area contributed by atoms with Crippen LogP contribution >= 0.6 is 0 Å². The minimum absolute atomic E-state index is 0.219. The van der Waals surface area contributed by atoms with Gasteiger partial charge in [0.15, 0.2) is 0 Å². The van der Waals surface area contributed by atoms with Crippen molar-refractivity contribution in [3.63, 3.8) is 0 Å². The normalized spacial score (nSPS) is 15.6. The molecule has 1 aromatic carbocycles. The molecule has 166 valence electrons. The van der Waals surface area contributed by atoms with Gasteiger partial charge in [0.1, 0.15) is 11.2 Å². The molecule has 1 aliphatic heterocycles. The van der Waals surface area contributed by atoms with Crippen molar-refractivity contribution in [2.45, 2.75) is 45.1 Å². The molecule has 0 aliphatic carbocycles. The molecule has 3 aromatic heterocycles. The second-order valence-electron chi connectivity index (χ2n) is 9.69. The predicted molar refractivity (Wildman–Crippen MR) is 126 cm³/mol. The van der Waals surface area contributed by atoms with Gasteiger partial charge in [-0.3, -0.25) is 4.68 Å². The number of hydrogen-bond acceptors (Lipinski definition) is 4. The van der Waals surface area contributed by atoms with Crippen LogP contribution in [0.3, 0.4) is 0 Å². The van der Waals surface area contributed by atoms with Gasteiger partial charge in [0, 0.05) is 60.5 Å². The zero-order valence-electron chi connectivity index (χ0n) is 19.1. The van der Waals surface area contributed by atoms with Gasteiger partial charge in [-0.05, 0) is 56.7 Å². The summed E-state index contributed by atoms with van der Waals surface area (Å²) in [7, 11) is 1.93. The summed E-state index contributed by atoms with van der Waals surface area (Å²) in [6.45, 7) is 7.11. The Kier molecular flexibility index (Phi) is 4.92. The SMILES string of the molecule is Cn1cc(-c2ccc3cnc4[nH]c(C5CCN(C(=O)OC(C)(C)C)CC5)cc4c3c2)cn1. The smallest absolute Gasteiger partial charge is 0.410 e. The third-order valence-electron chi connectivity index (χ3n) is 6.12. The van der Waals surface area contributed by atoms with E-state index in [1.807, 2.05) is 56.0 Å². The molecule has 1 N–H and O–H groups in total. The van der Waals surface area contributed by atoms with E-state index in [9.17, 15) is 4.79 Å². The maximum absolute atomic E-state index is 12.4. The molecule has 1 amide bonds. The molecule has 0 unspecified atom stereocenters. The number of piperidine rings is 1. The van der Waals surface area contributed by atoms with Crippen molar-refractivity contribution >= 4 is 27.9 Å². The Morgan fingerprint density at radius 3 is 2.56 bits per heavy atom. The van der Waals surface area contributed by atoms with Crippen molar-refractivity contribution in [1.29, 1.82) is 0 Å². The van der Waals surface area contributed by atoms with Crippen LogP contribution in [-0.4, -0.2) is 49.4 Å². The van der Waals surface area contributed by atoms with E-state index in [4.69, 9.17) is 4.74 Å². The van der Waals surface area contributed by atoms with Crippen LogP contribution in [0.25, 0.3) is 32.9 Å². The maximum atomic E-state index is 12.4. The van der Waals surface area contributed by atoms with Crippen LogP contribution in [0.15, 0.2) is 42.9 Å². The van der Waals surface area contributed by atoms with E-state index in [-0.39, 0.29) is 6.09 Å². The third kappa shape index (κ3) is 3.95. The molecule has 4 aromatic rings. The van der Waals surface area contributed by atoms with Gasteiger partial charge in [-0.15, -0.1) is 0 Å². The van der Waals surface area contributed by atoms with Gasteiger partial charge in [0.25, 0.3) is 0 Å². The highest BCUT2D eigenvalue weighted by atomic mass is 16.6. The van der Waals surface area contributed by atoms with Crippen molar-refractivity contribution < 1.29 is 9.53 Å². The lowest BCUT2D eigenvalue weighted by Crippen LogP contribution is -2.41. The molecule has 32 heavy (non-hydrogen) atoms. The first-order valence-electron chi connectivity index (χ1n) is 11.2. The Bertz CT molecular complexity index is 1290. The molecule has 7 nitrogen and oxygen atoms in total. The zero-order valence-corrected chi connectivity index (χ0v) is 19.1. The Morgan fingerprint density at radius 1 is 1.09 bits per heavy atom. The highest BCUT2D eigenvalue weighted by Gasteiger charge is 2.28. The fourth-order valence-corrected chi connectivity index (χ4v) is 4.48. The molecule has 0 radical (unpaired) electrons. The number of fused-ring (bicyclic) bond motifs is 3. The average Bonchev–Trinajstić information content (AvgIpc) is 3.39. The van der Waals surface area contributed by atoms with Gasteiger partial charge in [-0.25, -0.2) is 9.78 Å². The summed E-state index contributed by atoms with van der Waals surface area (Å²) in [5.41, 5.74) is 3.88. The fraction of sp³-hybridized carbons (Fsp3) is 0.400. The number of benzene rings is 1. The van der Waals surface area contributed by atoms with Crippen molar-refractivity contribution in [1.82, 2.24) is 24.6 Å². The van der Waals surface area contributed by atoms with Crippen molar-refractivity contribution in [3.05, 3.63) is 48.5 Å². The molecule has 1 aliphatic rings. The first-order chi connectivity index (χ1) is 15.3. The van der Waals surface area contributed by atoms with Crippen LogP contribution in [0.1, 0.15) is 45.2 Å². The largest absolute Gasteiger partial charge is 0.444 e. The summed E-state index contributed by atoms with van der Waals surface area (Å²) >= 11 is 0. The Labute approximate surface area is 187 Å². The van der Waals surface area contributed by atoms with Crippen LogP contribution < -0.4 is 0 Å². The molecule has 5 rings (SSSR count). The van der Waals surface area contributed by atoms with E-state index in [2.05, 4.69) is 39.3 Å². The average molecular weight is 432 g/mol. The van der Waals surface area contributed by atoms with E-state index < -0.39 is 5.60 Å². The molecule has 0 atom stereocenters. The van der Waals surface area contributed by atoms with Crippen LogP contribution in [0.4, 0.5) is 4.79 Å². The number of likely N-dealkylation sites (tertiary alicyclic amines) is 1. The molecule has 7 heteroatoms. The first-order valence-corrected chi connectivity index (χ1v) is 11.2. The fourth-order valence-electron chi connectivity index (χ4n) is 4.48. The number of aromatic amines is 1. The summed E-state index contributed by atoms with van der Waals surface area (Å²) < 4.78 is 7.35. The second-order valence-corrected chi connectivity index (χ2v) is 9.69.